The summed E-state index contributed by atoms with van der Waals surface area (Å²) < 4.78 is 0. The molecule has 1 aromatic carbocycles. The zero-order chi connectivity index (χ0) is 12.8. The van der Waals surface area contributed by atoms with E-state index >= 15 is 0 Å². The minimum atomic E-state index is -0.148. The number of hydrogen-bond donors (Lipinski definition) is 2. The van der Waals surface area contributed by atoms with Crippen molar-refractivity contribution in [1.29, 1.82) is 0 Å². The topological polar surface area (TPSA) is 41.1 Å². The number of carbonyl (C=O) groups is 1. The Hall–Kier alpha value is -1.35. The smallest absolute Gasteiger partial charge is 0.237 e. The van der Waals surface area contributed by atoms with Crippen molar-refractivity contribution in [2.75, 3.05) is 7.05 Å². The molecule has 0 aliphatic rings. The molecule has 17 heavy (non-hydrogen) atoms. The van der Waals surface area contributed by atoms with Crippen LogP contribution in [0.25, 0.3) is 0 Å². The van der Waals surface area contributed by atoms with Crippen LogP contribution in [-0.4, -0.2) is 19.0 Å². The molecule has 3 heteroatoms. The van der Waals surface area contributed by atoms with Crippen LogP contribution in [0.15, 0.2) is 24.3 Å². The summed E-state index contributed by atoms with van der Waals surface area (Å²) in [6, 6.07) is 8.23. The van der Waals surface area contributed by atoms with Crippen LogP contribution in [0.1, 0.15) is 37.8 Å². The third-order valence-corrected chi connectivity index (χ3v) is 2.94. The average Bonchev–Trinajstić information content (AvgIpc) is 2.35. The molecule has 94 valence electrons. The zero-order valence-electron chi connectivity index (χ0n) is 11.1. The largest absolute Gasteiger partial charge is 0.351 e. The Balaban J connectivity index is 2.50. The van der Waals surface area contributed by atoms with Crippen molar-refractivity contribution >= 4 is 5.91 Å². The molecule has 0 fully saturated rings. The van der Waals surface area contributed by atoms with Crippen LogP contribution < -0.4 is 10.6 Å². The summed E-state index contributed by atoms with van der Waals surface area (Å²) in [5.74, 6) is 0.573. The molecule has 0 heterocycles. The van der Waals surface area contributed by atoms with Gasteiger partial charge in [0.15, 0.2) is 0 Å². The Morgan fingerprint density at radius 3 is 2.24 bits per heavy atom. The van der Waals surface area contributed by atoms with Gasteiger partial charge in [0.1, 0.15) is 0 Å². The first-order chi connectivity index (χ1) is 8.04. The lowest BCUT2D eigenvalue weighted by atomic mass is 10.0. The average molecular weight is 234 g/mol. The Morgan fingerprint density at radius 1 is 1.18 bits per heavy atom. The summed E-state index contributed by atoms with van der Waals surface area (Å²) in [6.07, 6.45) is 0. The third kappa shape index (κ3) is 4.19. The Morgan fingerprint density at radius 2 is 1.76 bits per heavy atom. The molecule has 2 N–H and O–H groups in total. The van der Waals surface area contributed by atoms with Gasteiger partial charge in [0.2, 0.25) is 5.91 Å². The molecule has 0 radical (unpaired) electrons. The quantitative estimate of drug-likeness (QED) is 0.818. The second-order valence-electron chi connectivity index (χ2n) is 4.62. The molecule has 1 amide bonds. The van der Waals surface area contributed by atoms with Gasteiger partial charge >= 0.3 is 0 Å². The van der Waals surface area contributed by atoms with E-state index in [0.29, 0.717) is 12.5 Å². The molecule has 1 rings (SSSR count). The van der Waals surface area contributed by atoms with Gasteiger partial charge in [-0.1, -0.05) is 38.1 Å². The van der Waals surface area contributed by atoms with Crippen LogP contribution in [0.4, 0.5) is 0 Å². The molecule has 1 aromatic rings. The number of rotatable bonds is 5. The molecular formula is C14H22N2O. The lowest BCUT2D eigenvalue weighted by molar-refractivity contribution is -0.122. The number of nitrogens with one attached hydrogen (secondary N) is 2. The van der Waals surface area contributed by atoms with Crippen LogP contribution in [-0.2, 0) is 11.3 Å². The monoisotopic (exact) mass is 234 g/mol. The van der Waals surface area contributed by atoms with Crippen LogP contribution in [0.3, 0.4) is 0 Å². The zero-order valence-corrected chi connectivity index (χ0v) is 11.1. The minimum absolute atomic E-state index is 0.0282. The van der Waals surface area contributed by atoms with Crippen molar-refractivity contribution < 1.29 is 4.79 Å². The molecule has 0 saturated heterocycles. The number of amides is 1. The summed E-state index contributed by atoms with van der Waals surface area (Å²) in [5.41, 5.74) is 2.45. The third-order valence-electron chi connectivity index (χ3n) is 2.94. The van der Waals surface area contributed by atoms with Crippen molar-refractivity contribution in [3.8, 4) is 0 Å². The van der Waals surface area contributed by atoms with Crippen molar-refractivity contribution in [2.24, 2.45) is 0 Å². The van der Waals surface area contributed by atoms with Gasteiger partial charge in [0, 0.05) is 6.54 Å². The van der Waals surface area contributed by atoms with Crippen LogP contribution in [0, 0.1) is 0 Å². The molecule has 0 aliphatic carbocycles. The summed E-state index contributed by atoms with van der Waals surface area (Å²) in [6.45, 7) is 6.77. The molecule has 0 bridgehead atoms. The normalized spacial score (nSPS) is 12.5. The summed E-state index contributed by atoms with van der Waals surface area (Å²) in [7, 11) is 1.78. The first-order valence-electron chi connectivity index (χ1n) is 6.08. The van der Waals surface area contributed by atoms with E-state index in [9.17, 15) is 4.79 Å². The second-order valence-corrected chi connectivity index (χ2v) is 4.62. The lowest BCUT2D eigenvalue weighted by Crippen LogP contribution is -2.39. The highest BCUT2D eigenvalue weighted by Gasteiger charge is 2.08. The van der Waals surface area contributed by atoms with Crippen LogP contribution in [0.2, 0.25) is 0 Å². The maximum Gasteiger partial charge on any atom is 0.237 e. The fourth-order valence-corrected chi connectivity index (χ4v) is 1.49. The second kappa shape index (κ2) is 6.40. The maximum absolute atomic E-state index is 11.5. The molecule has 3 nitrogen and oxygen atoms in total. The maximum atomic E-state index is 11.5. The first kappa shape index (κ1) is 13.7. The van der Waals surface area contributed by atoms with Crippen molar-refractivity contribution in [3.05, 3.63) is 35.4 Å². The number of likely N-dealkylation sites (N-methyl/N-ethyl adjacent to an activating group) is 1. The molecule has 0 aliphatic heterocycles. The van der Waals surface area contributed by atoms with E-state index in [1.165, 1.54) is 5.56 Å². The molecule has 0 saturated carbocycles. The van der Waals surface area contributed by atoms with Gasteiger partial charge in [0.05, 0.1) is 6.04 Å². The highest BCUT2D eigenvalue weighted by atomic mass is 16.2. The predicted octanol–water partition coefficient (Wildman–Crippen LogP) is 2.03. The standard InChI is InChI=1S/C14H22N2O/c1-10(2)13-7-5-12(6-8-13)9-16-14(17)11(3)15-4/h5-8,10-11,15H,9H2,1-4H3,(H,16,17). The SMILES string of the molecule is CNC(C)C(=O)NCc1ccc(C(C)C)cc1. The Bertz CT molecular complexity index is 357. The van der Waals surface area contributed by atoms with Crippen molar-refractivity contribution in [2.45, 2.75) is 39.3 Å². The highest BCUT2D eigenvalue weighted by Crippen LogP contribution is 2.14. The Labute approximate surface area is 104 Å². The molecule has 1 unspecified atom stereocenters. The number of benzene rings is 1. The van der Waals surface area contributed by atoms with E-state index in [-0.39, 0.29) is 11.9 Å². The molecule has 0 spiro atoms. The molecule has 1 atom stereocenters. The first-order valence-corrected chi connectivity index (χ1v) is 6.08. The van der Waals surface area contributed by atoms with Gasteiger partial charge < -0.3 is 10.6 Å². The van der Waals surface area contributed by atoms with Gasteiger partial charge in [-0.05, 0) is 31.0 Å². The van der Waals surface area contributed by atoms with Gasteiger partial charge in [0.25, 0.3) is 0 Å². The van der Waals surface area contributed by atoms with Gasteiger partial charge in [-0.15, -0.1) is 0 Å². The van der Waals surface area contributed by atoms with Crippen LogP contribution >= 0.6 is 0 Å². The fraction of sp³-hybridized carbons (Fsp3) is 0.500. The summed E-state index contributed by atoms with van der Waals surface area (Å²) in [4.78, 5) is 11.5. The number of hydrogen-bond acceptors (Lipinski definition) is 2. The van der Waals surface area contributed by atoms with Gasteiger partial charge in [-0.2, -0.15) is 0 Å². The van der Waals surface area contributed by atoms with E-state index in [1.54, 1.807) is 7.05 Å². The van der Waals surface area contributed by atoms with Gasteiger partial charge in [-0.25, -0.2) is 0 Å². The minimum Gasteiger partial charge on any atom is -0.351 e. The predicted molar refractivity (Wildman–Crippen MR) is 70.9 cm³/mol. The van der Waals surface area contributed by atoms with Crippen molar-refractivity contribution in [3.63, 3.8) is 0 Å². The van der Waals surface area contributed by atoms with Gasteiger partial charge in [-0.3, -0.25) is 4.79 Å². The number of carbonyl (C=O) groups excluding carboxylic acids is 1. The summed E-state index contributed by atoms with van der Waals surface area (Å²) in [5, 5.41) is 5.81. The van der Waals surface area contributed by atoms with E-state index in [4.69, 9.17) is 0 Å². The van der Waals surface area contributed by atoms with Crippen LogP contribution in [0.5, 0.6) is 0 Å². The fourth-order valence-electron chi connectivity index (χ4n) is 1.49. The van der Waals surface area contributed by atoms with E-state index < -0.39 is 0 Å². The van der Waals surface area contributed by atoms with E-state index in [1.807, 2.05) is 6.92 Å². The van der Waals surface area contributed by atoms with E-state index in [2.05, 4.69) is 48.7 Å². The summed E-state index contributed by atoms with van der Waals surface area (Å²) >= 11 is 0. The highest BCUT2D eigenvalue weighted by molar-refractivity contribution is 5.81. The molecular weight excluding hydrogens is 212 g/mol. The lowest BCUT2D eigenvalue weighted by Gasteiger charge is -2.11. The Kier molecular flexibility index (Phi) is 5.16. The van der Waals surface area contributed by atoms with E-state index in [0.717, 1.165) is 5.56 Å². The van der Waals surface area contributed by atoms with Crippen molar-refractivity contribution in [1.82, 2.24) is 10.6 Å². The molecule has 0 aromatic heterocycles.